The van der Waals surface area contributed by atoms with Crippen molar-refractivity contribution in [2.24, 2.45) is 11.8 Å². The number of hydrogen-bond acceptors (Lipinski definition) is 6. The van der Waals surface area contributed by atoms with Crippen LogP contribution in [0.3, 0.4) is 0 Å². The second kappa shape index (κ2) is 14.1. The molecule has 0 aliphatic carbocycles. The minimum absolute atomic E-state index is 0.0257. The molecular formula is C27H37N3O7. The Morgan fingerprint density at radius 2 is 1.41 bits per heavy atom. The van der Waals surface area contributed by atoms with Gasteiger partial charge in [-0.3, -0.25) is 14.4 Å². The molecule has 3 unspecified atom stereocenters. The average Bonchev–Trinajstić information content (AvgIpc) is 3.37. The van der Waals surface area contributed by atoms with E-state index in [4.69, 9.17) is 9.15 Å². The normalized spacial score (nSPS) is 13.5. The maximum absolute atomic E-state index is 13.5. The molecule has 0 spiro atoms. The van der Waals surface area contributed by atoms with Gasteiger partial charge >= 0.3 is 6.09 Å². The minimum atomic E-state index is -1.34. The molecule has 0 saturated heterocycles. The Morgan fingerprint density at radius 1 is 0.838 bits per heavy atom. The van der Waals surface area contributed by atoms with Gasteiger partial charge in [0, 0.05) is 6.42 Å². The zero-order valence-corrected chi connectivity index (χ0v) is 21.9. The number of Topliss-reactive ketones (excluding diaryl/α,β-unsaturated/α-hetero) is 1. The number of amides is 3. The number of carbonyl (C=O) groups is 4. The second-order valence-electron chi connectivity index (χ2n) is 9.78. The molecule has 4 N–H and O–H groups in total. The molecular weight excluding hydrogens is 478 g/mol. The van der Waals surface area contributed by atoms with Crippen LogP contribution in [-0.4, -0.2) is 54.0 Å². The number of rotatable bonds is 14. The average molecular weight is 516 g/mol. The summed E-state index contributed by atoms with van der Waals surface area (Å²) in [5, 5.41) is 16.9. The predicted octanol–water partition coefficient (Wildman–Crippen LogP) is 3.41. The monoisotopic (exact) mass is 515 g/mol. The van der Waals surface area contributed by atoms with Gasteiger partial charge in [0.15, 0.2) is 5.76 Å². The van der Waals surface area contributed by atoms with Gasteiger partial charge in [0.2, 0.25) is 17.6 Å². The summed E-state index contributed by atoms with van der Waals surface area (Å²) >= 11 is 0. The van der Waals surface area contributed by atoms with Crippen LogP contribution in [0.25, 0.3) is 0 Å². The van der Waals surface area contributed by atoms with Gasteiger partial charge < -0.3 is 30.2 Å². The Hall–Kier alpha value is -3.82. The Kier molecular flexibility index (Phi) is 11.2. The smallest absolute Gasteiger partial charge is 0.405 e. The number of carboxylic acid groups (broad SMARTS) is 1. The molecule has 0 bridgehead atoms. The van der Waals surface area contributed by atoms with Gasteiger partial charge in [-0.15, -0.1) is 0 Å². The molecule has 2 aromatic rings. The van der Waals surface area contributed by atoms with Crippen molar-refractivity contribution in [3.63, 3.8) is 0 Å². The summed E-state index contributed by atoms with van der Waals surface area (Å²) in [7, 11) is 1.54. The van der Waals surface area contributed by atoms with Crippen LogP contribution in [0, 0.1) is 11.8 Å². The van der Waals surface area contributed by atoms with Crippen LogP contribution in [0.1, 0.15) is 56.7 Å². The van der Waals surface area contributed by atoms with E-state index in [9.17, 15) is 24.3 Å². The van der Waals surface area contributed by atoms with Crippen molar-refractivity contribution in [3.8, 4) is 5.75 Å². The minimum Gasteiger partial charge on any atom is -0.497 e. The third kappa shape index (κ3) is 9.63. The Labute approximate surface area is 217 Å². The van der Waals surface area contributed by atoms with E-state index >= 15 is 0 Å². The molecule has 0 aliphatic rings. The predicted molar refractivity (Wildman–Crippen MR) is 137 cm³/mol. The lowest BCUT2D eigenvalue weighted by atomic mass is 9.97. The third-order valence-corrected chi connectivity index (χ3v) is 5.66. The molecule has 3 amide bonds. The van der Waals surface area contributed by atoms with Crippen LogP contribution >= 0.6 is 0 Å². The first-order valence-corrected chi connectivity index (χ1v) is 12.3. The van der Waals surface area contributed by atoms with Gasteiger partial charge in [-0.25, -0.2) is 4.79 Å². The third-order valence-electron chi connectivity index (χ3n) is 5.66. The number of ketones is 1. The lowest BCUT2D eigenvalue weighted by Gasteiger charge is -2.26. The first-order chi connectivity index (χ1) is 17.5. The van der Waals surface area contributed by atoms with Gasteiger partial charge in [-0.05, 0) is 54.5 Å². The van der Waals surface area contributed by atoms with Gasteiger partial charge in [-0.1, -0.05) is 39.8 Å². The molecule has 2 rings (SSSR count). The van der Waals surface area contributed by atoms with Crippen LogP contribution in [0.2, 0.25) is 0 Å². The van der Waals surface area contributed by atoms with E-state index < -0.39 is 36.0 Å². The van der Waals surface area contributed by atoms with Crippen LogP contribution in [0.15, 0.2) is 47.1 Å². The van der Waals surface area contributed by atoms with E-state index in [1.807, 2.05) is 27.7 Å². The largest absolute Gasteiger partial charge is 0.497 e. The number of nitrogens with one attached hydrogen (secondary N) is 3. The molecule has 1 heterocycles. The summed E-state index contributed by atoms with van der Waals surface area (Å²) in [4.78, 5) is 50.8. The van der Waals surface area contributed by atoms with E-state index in [1.54, 1.807) is 37.4 Å². The maximum atomic E-state index is 13.5. The molecule has 0 fully saturated rings. The van der Waals surface area contributed by atoms with Crippen molar-refractivity contribution in [2.45, 2.75) is 65.1 Å². The van der Waals surface area contributed by atoms with E-state index in [0.29, 0.717) is 12.2 Å². The number of methoxy groups -OCH3 is 1. The second-order valence-corrected chi connectivity index (χ2v) is 9.78. The molecule has 0 aliphatic heterocycles. The molecule has 10 nitrogen and oxygen atoms in total. The first-order valence-electron chi connectivity index (χ1n) is 12.3. The van der Waals surface area contributed by atoms with Crippen LogP contribution in [0.5, 0.6) is 5.75 Å². The Balaban J connectivity index is 2.30. The van der Waals surface area contributed by atoms with Crippen molar-refractivity contribution in [1.82, 2.24) is 16.0 Å². The van der Waals surface area contributed by atoms with Crippen molar-refractivity contribution >= 4 is 23.7 Å². The Morgan fingerprint density at radius 3 is 1.92 bits per heavy atom. The molecule has 1 aromatic carbocycles. The number of benzene rings is 1. The summed E-state index contributed by atoms with van der Waals surface area (Å²) in [6.45, 7) is 7.59. The Bertz CT molecular complexity index is 1030. The first kappa shape index (κ1) is 29.4. The molecule has 1 aromatic heterocycles. The highest BCUT2D eigenvalue weighted by atomic mass is 16.5. The summed E-state index contributed by atoms with van der Waals surface area (Å²) in [6.07, 6.45) is 0.788. The fourth-order valence-electron chi connectivity index (χ4n) is 3.90. The topological polar surface area (TPSA) is 147 Å². The van der Waals surface area contributed by atoms with Crippen LogP contribution < -0.4 is 20.7 Å². The quantitative estimate of drug-likeness (QED) is 0.282. The van der Waals surface area contributed by atoms with Gasteiger partial charge in [0.25, 0.3) is 0 Å². The zero-order valence-electron chi connectivity index (χ0n) is 21.9. The SMILES string of the molecule is COc1ccc(CC(NC(=O)C(CC(C)C)NC(=O)O)C(=O)NC(CC(C)C)C(=O)c2ccco2)cc1. The number of hydrogen-bond donors (Lipinski definition) is 4. The van der Waals surface area contributed by atoms with Gasteiger partial charge in [0.1, 0.15) is 17.8 Å². The number of furan rings is 1. The van der Waals surface area contributed by atoms with Gasteiger partial charge in [0.05, 0.1) is 19.4 Å². The maximum Gasteiger partial charge on any atom is 0.405 e. The molecule has 202 valence electrons. The van der Waals surface area contributed by atoms with Crippen molar-refractivity contribution in [2.75, 3.05) is 7.11 Å². The highest BCUT2D eigenvalue weighted by Gasteiger charge is 2.31. The molecule has 0 saturated carbocycles. The highest BCUT2D eigenvalue weighted by molar-refractivity contribution is 6.01. The van der Waals surface area contributed by atoms with Crippen molar-refractivity contribution in [3.05, 3.63) is 54.0 Å². The molecule has 3 atom stereocenters. The van der Waals surface area contributed by atoms with E-state index in [0.717, 1.165) is 5.56 Å². The molecule has 37 heavy (non-hydrogen) atoms. The summed E-state index contributed by atoms with van der Waals surface area (Å²) in [5.41, 5.74) is 0.741. The summed E-state index contributed by atoms with van der Waals surface area (Å²) in [6, 6.07) is 7.18. The molecule has 10 heteroatoms. The van der Waals surface area contributed by atoms with E-state index in [1.165, 1.54) is 12.3 Å². The van der Waals surface area contributed by atoms with Crippen LogP contribution in [-0.2, 0) is 16.0 Å². The lowest BCUT2D eigenvalue weighted by Crippen LogP contribution is -2.56. The summed E-state index contributed by atoms with van der Waals surface area (Å²) < 4.78 is 10.4. The van der Waals surface area contributed by atoms with Crippen molar-refractivity contribution in [1.29, 1.82) is 0 Å². The number of ether oxygens (including phenoxy) is 1. The van der Waals surface area contributed by atoms with E-state index in [2.05, 4.69) is 16.0 Å². The fraction of sp³-hybridized carbons (Fsp3) is 0.481. The van der Waals surface area contributed by atoms with Crippen LogP contribution in [0.4, 0.5) is 4.79 Å². The van der Waals surface area contributed by atoms with Crippen molar-refractivity contribution < 1.29 is 33.4 Å². The zero-order chi connectivity index (χ0) is 27.5. The standard InChI is InChI=1S/C27H37N3O7/c1-16(2)13-20(24(31)23-7-6-12-37-23)28-26(33)22(15-18-8-10-19(36-5)11-9-18)29-25(32)21(14-17(3)4)30-27(34)35/h6-12,16-17,20-22,30H,13-15H2,1-5H3,(H,28,33)(H,29,32)(H,34,35). The van der Waals surface area contributed by atoms with E-state index in [-0.39, 0.29) is 36.2 Å². The highest BCUT2D eigenvalue weighted by Crippen LogP contribution is 2.16. The number of carbonyl (C=O) groups excluding carboxylic acids is 3. The fourth-order valence-corrected chi connectivity index (χ4v) is 3.90. The molecule has 0 radical (unpaired) electrons. The summed E-state index contributed by atoms with van der Waals surface area (Å²) in [5.74, 6) is -0.670. The lowest BCUT2D eigenvalue weighted by molar-refractivity contribution is -0.130. The van der Waals surface area contributed by atoms with Gasteiger partial charge in [-0.2, -0.15) is 0 Å².